The maximum atomic E-state index is 4.26. The Morgan fingerprint density at radius 3 is 2.58 bits per heavy atom. The molecule has 0 atom stereocenters. The minimum atomic E-state index is 0.826. The van der Waals surface area contributed by atoms with Crippen LogP contribution in [-0.2, 0) is 0 Å². The van der Waals surface area contributed by atoms with Crippen LogP contribution >= 0.6 is 11.5 Å². The summed E-state index contributed by atoms with van der Waals surface area (Å²) in [7, 11) is 0. The second kappa shape index (κ2) is 2.98. The van der Waals surface area contributed by atoms with E-state index in [2.05, 4.69) is 14.3 Å². The number of aromatic nitrogens is 3. The highest BCUT2D eigenvalue weighted by Gasteiger charge is 2.01. The first-order chi connectivity index (χ1) is 5.86. The van der Waals surface area contributed by atoms with Crippen molar-refractivity contribution in [3.05, 3.63) is 30.4 Å². The fraction of sp³-hybridized carbons (Fsp3) is 0.125. The maximum Gasteiger partial charge on any atom is 0.144 e. The van der Waals surface area contributed by atoms with Gasteiger partial charge in [-0.05, 0) is 30.6 Å². The Bertz CT molecular complexity index is 369. The molecule has 0 spiro atoms. The van der Waals surface area contributed by atoms with Crippen LogP contribution in [0.25, 0.3) is 10.6 Å². The number of aryl methyl sites for hydroxylation is 1. The third kappa shape index (κ3) is 1.33. The first-order valence-corrected chi connectivity index (χ1v) is 4.34. The molecule has 4 heteroatoms. The zero-order chi connectivity index (χ0) is 8.39. The van der Waals surface area contributed by atoms with Crippen molar-refractivity contribution in [1.82, 2.24) is 14.3 Å². The number of hydrogen-bond acceptors (Lipinski definition) is 4. The smallest absolute Gasteiger partial charge is 0.144 e. The van der Waals surface area contributed by atoms with E-state index in [0.717, 1.165) is 16.4 Å². The standard InChI is InChI=1S/C8H7N3S/c1-6-10-8(12-11-6)7-2-4-9-5-3-7/h2-5H,1H3. The zero-order valence-electron chi connectivity index (χ0n) is 6.56. The topological polar surface area (TPSA) is 38.7 Å². The van der Waals surface area contributed by atoms with Crippen molar-refractivity contribution >= 4 is 11.5 Å². The number of pyridine rings is 1. The van der Waals surface area contributed by atoms with E-state index in [9.17, 15) is 0 Å². The van der Waals surface area contributed by atoms with Gasteiger partial charge in [0.2, 0.25) is 0 Å². The van der Waals surface area contributed by atoms with Crippen molar-refractivity contribution in [2.75, 3.05) is 0 Å². The lowest BCUT2D eigenvalue weighted by molar-refractivity contribution is 1.17. The van der Waals surface area contributed by atoms with Crippen LogP contribution in [0.15, 0.2) is 24.5 Å². The molecule has 0 amide bonds. The van der Waals surface area contributed by atoms with Gasteiger partial charge in [0.1, 0.15) is 10.8 Å². The predicted molar refractivity (Wildman–Crippen MR) is 47.9 cm³/mol. The van der Waals surface area contributed by atoms with Gasteiger partial charge in [-0.15, -0.1) is 0 Å². The zero-order valence-corrected chi connectivity index (χ0v) is 7.38. The molecule has 12 heavy (non-hydrogen) atoms. The van der Waals surface area contributed by atoms with E-state index in [0.29, 0.717) is 0 Å². The molecule has 0 fully saturated rings. The molecule has 2 rings (SSSR count). The van der Waals surface area contributed by atoms with Gasteiger partial charge in [0.25, 0.3) is 0 Å². The van der Waals surface area contributed by atoms with Gasteiger partial charge in [-0.3, -0.25) is 4.98 Å². The molecule has 0 radical (unpaired) electrons. The summed E-state index contributed by atoms with van der Waals surface area (Å²) in [6, 6.07) is 3.86. The van der Waals surface area contributed by atoms with E-state index < -0.39 is 0 Å². The SMILES string of the molecule is Cc1nsc(-c2ccncc2)n1. The molecule has 3 nitrogen and oxygen atoms in total. The summed E-state index contributed by atoms with van der Waals surface area (Å²) >= 11 is 1.41. The second-order valence-electron chi connectivity index (χ2n) is 2.38. The second-order valence-corrected chi connectivity index (χ2v) is 3.13. The Morgan fingerprint density at radius 1 is 1.25 bits per heavy atom. The van der Waals surface area contributed by atoms with E-state index in [4.69, 9.17) is 0 Å². The van der Waals surface area contributed by atoms with Crippen molar-refractivity contribution in [2.24, 2.45) is 0 Å². The van der Waals surface area contributed by atoms with Gasteiger partial charge in [-0.1, -0.05) is 0 Å². The van der Waals surface area contributed by atoms with Gasteiger partial charge in [0.05, 0.1) is 0 Å². The van der Waals surface area contributed by atoms with Crippen LogP contribution in [-0.4, -0.2) is 14.3 Å². The molecule has 0 aromatic carbocycles. The molecule has 2 aromatic rings. The summed E-state index contributed by atoms with van der Waals surface area (Å²) in [5.41, 5.74) is 1.08. The van der Waals surface area contributed by atoms with Crippen LogP contribution in [0.4, 0.5) is 0 Å². The molecule has 2 heterocycles. The van der Waals surface area contributed by atoms with Gasteiger partial charge < -0.3 is 0 Å². The van der Waals surface area contributed by atoms with Crippen LogP contribution < -0.4 is 0 Å². The van der Waals surface area contributed by atoms with Crippen molar-refractivity contribution in [3.63, 3.8) is 0 Å². The van der Waals surface area contributed by atoms with Crippen molar-refractivity contribution in [2.45, 2.75) is 6.92 Å². The third-order valence-corrected chi connectivity index (χ3v) is 2.31. The van der Waals surface area contributed by atoms with E-state index in [1.165, 1.54) is 11.5 Å². The first kappa shape index (κ1) is 7.36. The normalized spacial score (nSPS) is 10.1. The van der Waals surface area contributed by atoms with Crippen molar-refractivity contribution in [1.29, 1.82) is 0 Å². The lowest BCUT2D eigenvalue weighted by Gasteiger charge is -1.90. The quantitative estimate of drug-likeness (QED) is 0.667. The molecule has 0 unspecified atom stereocenters. The Kier molecular flexibility index (Phi) is 1.83. The molecule has 0 saturated carbocycles. The predicted octanol–water partition coefficient (Wildman–Crippen LogP) is 1.91. The van der Waals surface area contributed by atoms with Crippen LogP contribution in [0.5, 0.6) is 0 Å². The number of nitrogens with zero attached hydrogens (tertiary/aromatic N) is 3. The number of rotatable bonds is 1. The van der Waals surface area contributed by atoms with Crippen LogP contribution in [0, 0.1) is 6.92 Å². The van der Waals surface area contributed by atoms with Gasteiger partial charge in [-0.2, -0.15) is 4.37 Å². The monoisotopic (exact) mass is 177 g/mol. The Hall–Kier alpha value is -1.29. The molecule has 0 aliphatic carbocycles. The summed E-state index contributed by atoms with van der Waals surface area (Å²) in [4.78, 5) is 8.19. The fourth-order valence-electron chi connectivity index (χ4n) is 0.909. The van der Waals surface area contributed by atoms with E-state index in [-0.39, 0.29) is 0 Å². The summed E-state index contributed by atoms with van der Waals surface area (Å²) < 4.78 is 4.10. The summed E-state index contributed by atoms with van der Waals surface area (Å²) in [5, 5.41) is 0.954. The third-order valence-electron chi connectivity index (χ3n) is 1.45. The van der Waals surface area contributed by atoms with Crippen LogP contribution in [0.3, 0.4) is 0 Å². The number of hydrogen-bond donors (Lipinski definition) is 0. The molecular weight excluding hydrogens is 170 g/mol. The van der Waals surface area contributed by atoms with Crippen LogP contribution in [0.1, 0.15) is 5.82 Å². The largest absolute Gasteiger partial charge is 0.265 e. The summed E-state index contributed by atoms with van der Waals surface area (Å²) in [6.45, 7) is 1.89. The lowest BCUT2D eigenvalue weighted by atomic mass is 10.3. The lowest BCUT2D eigenvalue weighted by Crippen LogP contribution is -1.77. The van der Waals surface area contributed by atoms with E-state index in [1.807, 2.05) is 19.1 Å². The Labute approximate surface area is 74.3 Å². The molecule has 0 saturated heterocycles. The molecular formula is C8H7N3S. The van der Waals surface area contributed by atoms with E-state index >= 15 is 0 Å². The average molecular weight is 177 g/mol. The van der Waals surface area contributed by atoms with Gasteiger partial charge in [-0.25, -0.2) is 4.98 Å². The fourth-order valence-corrected chi connectivity index (χ4v) is 1.58. The molecule has 0 bridgehead atoms. The highest BCUT2D eigenvalue weighted by molar-refractivity contribution is 7.09. The minimum Gasteiger partial charge on any atom is -0.265 e. The molecule has 60 valence electrons. The highest BCUT2D eigenvalue weighted by atomic mass is 32.1. The highest BCUT2D eigenvalue weighted by Crippen LogP contribution is 2.19. The Morgan fingerprint density at radius 2 is 2.00 bits per heavy atom. The summed E-state index contributed by atoms with van der Waals surface area (Å²) in [5.74, 6) is 0.826. The van der Waals surface area contributed by atoms with Gasteiger partial charge in [0, 0.05) is 18.0 Å². The summed E-state index contributed by atoms with van der Waals surface area (Å²) in [6.07, 6.45) is 3.51. The molecule has 0 N–H and O–H groups in total. The maximum absolute atomic E-state index is 4.26. The minimum absolute atomic E-state index is 0.826. The first-order valence-electron chi connectivity index (χ1n) is 3.57. The van der Waals surface area contributed by atoms with Gasteiger partial charge >= 0.3 is 0 Å². The van der Waals surface area contributed by atoms with Crippen molar-refractivity contribution in [3.8, 4) is 10.6 Å². The average Bonchev–Trinajstić information content (AvgIpc) is 2.54. The molecule has 0 aliphatic rings. The molecule has 0 aliphatic heterocycles. The molecule has 2 aromatic heterocycles. The van der Waals surface area contributed by atoms with Crippen LogP contribution in [0.2, 0.25) is 0 Å². The van der Waals surface area contributed by atoms with Crippen molar-refractivity contribution < 1.29 is 0 Å². The van der Waals surface area contributed by atoms with E-state index in [1.54, 1.807) is 12.4 Å². The van der Waals surface area contributed by atoms with Gasteiger partial charge in [0.15, 0.2) is 0 Å². The Balaban J connectivity index is 2.45.